The van der Waals surface area contributed by atoms with Crippen LogP contribution in [0.4, 0.5) is 0 Å². The van der Waals surface area contributed by atoms with Crippen LogP contribution in [-0.2, 0) is 10.0 Å². The molecule has 1 aromatic heterocycles. The predicted octanol–water partition coefficient (Wildman–Crippen LogP) is 2.08. The number of carbonyl (C=O) groups is 2. The van der Waals surface area contributed by atoms with Crippen molar-refractivity contribution < 1.29 is 18.0 Å². The van der Waals surface area contributed by atoms with E-state index in [1.807, 2.05) is 0 Å². The fraction of sp³-hybridized carbons (Fsp3) is 0.318. The number of nitrogens with zero attached hydrogens (tertiary/aromatic N) is 2. The summed E-state index contributed by atoms with van der Waals surface area (Å²) in [7, 11) is -2.22. The molecule has 2 heterocycles. The molecular weight excluding hydrogens is 432 g/mol. The highest BCUT2D eigenvalue weighted by Crippen LogP contribution is 2.33. The average molecular weight is 455 g/mol. The molecule has 2 amide bonds. The first-order chi connectivity index (χ1) is 15.3. The molecule has 0 spiro atoms. The molecule has 0 atom stereocenters. The van der Waals surface area contributed by atoms with Crippen LogP contribution < -0.4 is 5.69 Å². The third kappa shape index (κ3) is 3.18. The Labute approximate surface area is 184 Å². The highest BCUT2D eigenvalue weighted by molar-refractivity contribution is 7.89. The Bertz CT molecular complexity index is 1360. The number of carbonyl (C=O) groups excluding carboxylic acids is 2. The van der Waals surface area contributed by atoms with Gasteiger partial charge in [0.1, 0.15) is 0 Å². The highest BCUT2D eigenvalue weighted by atomic mass is 32.2. The quantitative estimate of drug-likeness (QED) is 0.584. The van der Waals surface area contributed by atoms with Gasteiger partial charge < -0.3 is 9.97 Å². The summed E-state index contributed by atoms with van der Waals surface area (Å²) >= 11 is 0. The number of aromatic nitrogens is 2. The van der Waals surface area contributed by atoms with E-state index in [1.54, 1.807) is 37.4 Å². The van der Waals surface area contributed by atoms with E-state index in [1.165, 1.54) is 21.3 Å². The van der Waals surface area contributed by atoms with Crippen LogP contribution in [0.25, 0.3) is 11.0 Å². The van der Waals surface area contributed by atoms with E-state index in [4.69, 9.17) is 0 Å². The van der Waals surface area contributed by atoms with Gasteiger partial charge in [-0.15, -0.1) is 0 Å². The number of amides is 2. The van der Waals surface area contributed by atoms with E-state index in [0.717, 1.165) is 0 Å². The Morgan fingerprint density at radius 3 is 2.09 bits per heavy atom. The lowest BCUT2D eigenvalue weighted by Gasteiger charge is -2.36. The number of nitrogens with one attached hydrogen (secondary N) is 2. The van der Waals surface area contributed by atoms with Crippen LogP contribution in [0, 0.1) is 0 Å². The minimum Gasteiger partial charge on any atom is -0.306 e. The molecule has 0 radical (unpaired) electrons. The topological polar surface area (TPSA) is 123 Å². The van der Waals surface area contributed by atoms with Crippen molar-refractivity contribution in [1.82, 2.24) is 19.2 Å². The summed E-state index contributed by atoms with van der Waals surface area (Å²) in [5.41, 5.74) is 1.43. The van der Waals surface area contributed by atoms with Crippen LogP contribution in [0.15, 0.2) is 52.2 Å². The van der Waals surface area contributed by atoms with Crippen LogP contribution in [0.5, 0.6) is 0 Å². The number of hydrogen-bond donors (Lipinski definition) is 2. The second kappa shape index (κ2) is 7.42. The number of imide groups is 1. The Morgan fingerprint density at radius 1 is 0.875 bits per heavy atom. The number of hydrogen-bond acceptors (Lipinski definition) is 5. The molecule has 1 aliphatic heterocycles. The van der Waals surface area contributed by atoms with Crippen LogP contribution in [0.2, 0.25) is 0 Å². The number of H-pyrrole nitrogens is 2. The predicted molar refractivity (Wildman–Crippen MR) is 117 cm³/mol. The molecule has 9 nitrogen and oxygen atoms in total. The van der Waals surface area contributed by atoms with Gasteiger partial charge in [0, 0.05) is 19.1 Å². The lowest BCUT2D eigenvalue weighted by Crippen LogP contribution is -2.46. The minimum atomic E-state index is -3.77. The summed E-state index contributed by atoms with van der Waals surface area (Å²) in [4.78, 5) is 43.6. The molecule has 1 aliphatic carbocycles. The molecule has 5 rings (SSSR count). The van der Waals surface area contributed by atoms with Crippen LogP contribution >= 0.6 is 0 Å². The molecule has 32 heavy (non-hydrogen) atoms. The summed E-state index contributed by atoms with van der Waals surface area (Å²) < 4.78 is 27.7. The number of fused-ring (bicyclic) bond motifs is 2. The van der Waals surface area contributed by atoms with Crippen LogP contribution in [0.3, 0.4) is 0 Å². The SMILES string of the molecule is CN(C1CCC(N2C(=O)c3ccccc3C2=O)CC1)S(=O)(=O)c1ccc2[nH]c(=O)[nH]c2c1. The summed E-state index contributed by atoms with van der Waals surface area (Å²) in [6.07, 6.45) is 2.16. The van der Waals surface area contributed by atoms with Gasteiger partial charge in [0.25, 0.3) is 11.8 Å². The van der Waals surface area contributed by atoms with Gasteiger partial charge in [0.15, 0.2) is 0 Å². The van der Waals surface area contributed by atoms with Crippen molar-refractivity contribution in [3.8, 4) is 0 Å². The maximum atomic E-state index is 13.2. The maximum absolute atomic E-state index is 13.2. The van der Waals surface area contributed by atoms with Crippen molar-refractivity contribution in [3.63, 3.8) is 0 Å². The van der Waals surface area contributed by atoms with Gasteiger partial charge in [-0.2, -0.15) is 4.31 Å². The zero-order valence-corrected chi connectivity index (χ0v) is 18.2. The van der Waals surface area contributed by atoms with E-state index in [-0.39, 0.29) is 28.8 Å². The molecule has 2 aromatic carbocycles. The molecule has 10 heteroatoms. The lowest BCUT2D eigenvalue weighted by molar-refractivity contribution is 0.0527. The molecule has 1 saturated carbocycles. The summed E-state index contributed by atoms with van der Waals surface area (Å²) in [6.45, 7) is 0. The molecule has 0 bridgehead atoms. The summed E-state index contributed by atoms with van der Waals surface area (Å²) in [5, 5.41) is 0. The third-order valence-electron chi connectivity index (χ3n) is 6.54. The lowest BCUT2D eigenvalue weighted by atomic mass is 9.90. The van der Waals surface area contributed by atoms with Gasteiger partial charge in [-0.1, -0.05) is 12.1 Å². The summed E-state index contributed by atoms with van der Waals surface area (Å²) in [6, 6.07) is 10.8. The van der Waals surface area contributed by atoms with Crippen molar-refractivity contribution in [2.24, 2.45) is 0 Å². The normalized spacial score (nSPS) is 21.5. The standard InChI is InChI=1S/C22H22N4O5S/c1-25(32(30,31)15-10-11-18-19(12-15)24-22(29)23-18)13-6-8-14(9-7-13)26-20(27)16-4-2-3-5-17(16)21(26)28/h2-5,10-14H,6-9H2,1H3,(H2,23,24,29). The number of benzene rings is 2. The molecule has 2 N–H and O–H groups in total. The van der Waals surface area contributed by atoms with Crippen LogP contribution in [-0.4, -0.2) is 58.5 Å². The van der Waals surface area contributed by atoms with Gasteiger partial charge in [-0.3, -0.25) is 14.5 Å². The number of rotatable bonds is 4. The van der Waals surface area contributed by atoms with E-state index < -0.39 is 15.7 Å². The number of sulfonamides is 1. The fourth-order valence-corrected chi connectivity index (χ4v) is 6.20. The zero-order chi connectivity index (χ0) is 22.6. The monoisotopic (exact) mass is 454 g/mol. The summed E-state index contributed by atoms with van der Waals surface area (Å²) in [5.74, 6) is -0.548. The Balaban J connectivity index is 1.31. The Hall–Kier alpha value is -3.24. The largest absolute Gasteiger partial charge is 0.323 e. The van der Waals surface area contributed by atoms with Gasteiger partial charge >= 0.3 is 5.69 Å². The van der Waals surface area contributed by atoms with Crippen molar-refractivity contribution in [1.29, 1.82) is 0 Å². The molecule has 0 unspecified atom stereocenters. The van der Waals surface area contributed by atoms with E-state index >= 15 is 0 Å². The van der Waals surface area contributed by atoms with E-state index in [9.17, 15) is 22.8 Å². The van der Waals surface area contributed by atoms with Crippen LogP contribution in [0.1, 0.15) is 46.4 Å². The minimum absolute atomic E-state index is 0.102. The van der Waals surface area contributed by atoms with E-state index in [0.29, 0.717) is 47.8 Å². The van der Waals surface area contributed by atoms with E-state index in [2.05, 4.69) is 9.97 Å². The molecule has 3 aromatic rings. The first-order valence-electron chi connectivity index (χ1n) is 10.4. The molecule has 0 saturated heterocycles. The fourth-order valence-electron chi connectivity index (χ4n) is 4.75. The molecule has 1 fully saturated rings. The van der Waals surface area contributed by atoms with Gasteiger partial charge in [0.2, 0.25) is 10.0 Å². The van der Waals surface area contributed by atoms with Gasteiger partial charge in [-0.05, 0) is 56.0 Å². The number of aromatic amines is 2. The second-order valence-electron chi connectivity index (χ2n) is 8.30. The first kappa shape index (κ1) is 20.7. The molecule has 2 aliphatic rings. The average Bonchev–Trinajstić information content (AvgIpc) is 3.29. The highest BCUT2D eigenvalue weighted by Gasteiger charge is 2.42. The zero-order valence-electron chi connectivity index (χ0n) is 17.4. The van der Waals surface area contributed by atoms with Crippen molar-refractivity contribution in [3.05, 3.63) is 64.1 Å². The Morgan fingerprint density at radius 2 is 1.47 bits per heavy atom. The first-order valence-corrected chi connectivity index (χ1v) is 11.9. The van der Waals surface area contributed by atoms with Gasteiger partial charge in [0.05, 0.1) is 27.1 Å². The number of imidazole rings is 1. The molecule has 166 valence electrons. The van der Waals surface area contributed by atoms with Gasteiger partial charge in [-0.25, -0.2) is 13.2 Å². The van der Waals surface area contributed by atoms with Crippen molar-refractivity contribution in [2.75, 3.05) is 7.05 Å². The van der Waals surface area contributed by atoms with Crippen molar-refractivity contribution >= 4 is 32.9 Å². The maximum Gasteiger partial charge on any atom is 0.323 e. The molecular formula is C22H22N4O5S. The smallest absolute Gasteiger partial charge is 0.306 e. The van der Waals surface area contributed by atoms with Crippen molar-refractivity contribution in [2.45, 2.75) is 42.7 Å². The second-order valence-corrected chi connectivity index (χ2v) is 10.3. The third-order valence-corrected chi connectivity index (χ3v) is 8.44. The Kier molecular flexibility index (Phi) is 4.79.